The Balaban J connectivity index is 2.28. The zero-order chi connectivity index (χ0) is 11.8. The van der Waals surface area contributed by atoms with Crippen LogP contribution in [0.2, 0.25) is 0 Å². The fourth-order valence-corrected chi connectivity index (χ4v) is 3.40. The maximum absolute atomic E-state index is 3.48. The summed E-state index contributed by atoms with van der Waals surface area (Å²) in [6.07, 6.45) is 12.9. The van der Waals surface area contributed by atoms with E-state index in [-0.39, 0.29) is 0 Å². The molecule has 0 heterocycles. The molecule has 0 saturated heterocycles. The van der Waals surface area contributed by atoms with E-state index in [4.69, 9.17) is 0 Å². The Hall–Kier alpha value is -0.0400. The van der Waals surface area contributed by atoms with Crippen LogP contribution in [0, 0.1) is 11.8 Å². The molecule has 1 fully saturated rings. The summed E-state index contributed by atoms with van der Waals surface area (Å²) < 4.78 is 0. The molecular weight excluding hydrogens is 194 g/mol. The molecule has 1 saturated carbocycles. The van der Waals surface area contributed by atoms with E-state index < -0.39 is 0 Å². The highest BCUT2D eigenvalue weighted by molar-refractivity contribution is 4.76. The van der Waals surface area contributed by atoms with Gasteiger partial charge in [-0.05, 0) is 38.1 Å². The molecule has 0 aromatic rings. The lowest BCUT2D eigenvalue weighted by atomic mass is 9.75. The van der Waals surface area contributed by atoms with Crippen molar-refractivity contribution >= 4 is 0 Å². The van der Waals surface area contributed by atoms with Gasteiger partial charge in [0.1, 0.15) is 0 Å². The highest BCUT2D eigenvalue weighted by atomic mass is 14.9. The zero-order valence-electron chi connectivity index (χ0n) is 11.6. The van der Waals surface area contributed by atoms with Gasteiger partial charge in [0.2, 0.25) is 0 Å². The smallest absolute Gasteiger partial charge is 0.00640 e. The summed E-state index contributed by atoms with van der Waals surface area (Å²) >= 11 is 0. The summed E-state index contributed by atoms with van der Waals surface area (Å²) in [6, 6.07) is 0.768. The van der Waals surface area contributed by atoms with Gasteiger partial charge >= 0.3 is 0 Å². The van der Waals surface area contributed by atoms with Crippen molar-refractivity contribution in [3.8, 4) is 0 Å². The fraction of sp³-hybridized carbons (Fsp3) is 1.00. The molecule has 1 rings (SSSR count). The van der Waals surface area contributed by atoms with E-state index in [1.165, 1.54) is 57.8 Å². The summed E-state index contributed by atoms with van der Waals surface area (Å²) in [7, 11) is 2.12. The van der Waals surface area contributed by atoms with E-state index in [0.717, 1.165) is 17.9 Å². The minimum absolute atomic E-state index is 0.768. The third kappa shape index (κ3) is 4.45. The zero-order valence-corrected chi connectivity index (χ0v) is 11.6. The van der Waals surface area contributed by atoms with Crippen LogP contribution in [-0.4, -0.2) is 13.1 Å². The van der Waals surface area contributed by atoms with Gasteiger partial charge in [-0.25, -0.2) is 0 Å². The van der Waals surface area contributed by atoms with Crippen LogP contribution < -0.4 is 5.32 Å². The van der Waals surface area contributed by atoms with E-state index in [1.54, 1.807) is 0 Å². The van der Waals surface area contributed by atoms with Crippen molar-refractivity contribution in [3.63, 3.8) is 0 Å². The first kappa shape index (κ1) is 14.0. The van der Waals surface area contributed by atoms with Crippen LogP contribution in [0.25, 0.3) is 0 Å². The van der Waals surface area contributed by atoms with E-state index >= 15 is 0 Å². The fourth-order valence-electron chi connectivity index (χ4n) is 3.40. The molecule has 0 aromatic carbocycles. The van der Waals surface area contributed by atoms with Crippen molar-refractivity contribution in [2.45, 2.75) is 77.7 Å². The maximum atomic E-state index is 3.48. The lowest BCUT2D eigenvalue weighted by molar-refractivity contribution is 0.207. The van der Waals surface area contributed by atoms with Gasteiger partial charge < -0.3 is 5.32 Å². The van der Waals surface area contributed by atoms with Gasteiger partial charge in [-0.15, -0.1) is 0 Å². The van der Waals surface area contributed by atoms with Crippen LogP contribution in [0.15, 0.2) is 0 Å². The normalized spacial score (nSPS) is 27.9. The van der Waals surface area contributed by atoms with E-state index in [9.17, 15) is 0 Å². The molecule has 1 heteroatoms. The second kappa shape index (κ2) is 8.11. The van der Waals surface area contributed by atoms with Crippen molar-refractivity contribution in [1.29, 1.82) is 0 Å². The molecule has 0 bridgehead atoms. The standard InChI is InChI=1S/C15H31N/c1-4-8-15(16-3)12-11-14-10-7-6-9-13(14)5-2/h13-16H,4-12H2,1-3H3. The number of hydrogen-bond acceptors (Lipinski definition) is 1. The molecule has 1 nitrogen and oxygen atoms in total. The van der Waals surface area contributed by atoms with Gasteiger partial charge in [0, 0.05) is 6.04 Å². The molecule has 0 aliphatic heterocycles. The second-order valence-electron chi connectivity index (χ2n) is 5.56. The largest absolute Gasteiger partial charge is 0.317 e. The molecule has 3 atom stereocenters. The quantitative estimate of drug-likeness (QED) is 0.678. The van der Waals surface area contributed by atoms with E-state index in [0.29, 0.717) is 0 Å². The molecule has 0 aromatic heterocycles. The highest BCUT2D eigenvalue weighted by Gasteiger charge is 2.23. The van der Waals surface area contributed by atoms with Crippen LogP contribution in [0.4, 0.5) is 0 Å². The monoisotopic (exact) mass is 225 g/mol. The lowest BCUT2D eigenvalue weighted by Gasteiger charge is -2.32. The first-order chi connectivity index (χ1) is 7.81. The van der Waals surface area contributed by atoms with Gasteiger partial charge in [0.05, 0.1) is 0 Å². The van der Waals surface area contributed by atoms with Crippen molar-refractivity contribution in [2.24, 2.45) is 11.8 Å². The van der Waals surface area contributed by atoms with E-state index in [1.807, 2.05) is 0 Å². The van der Waals surface area contributed by atoms with Crippen LogP contribution in [0.3, 0.4) is 0 Å². The van der Waals surface area contributed by atoms with E-state index in [2.05, 4.69) is 26.2 Å². The molecular formula is C15H31N. The predicted octanol–water partition coefficient (Wildman–Crippen LogP) is 4.37. The Morgan fingerprint density at radius 1 is 1.06 bits per heavy atom. The van der Waals surface area contributed by atoms with Crippen molar-refractivity contribution in [1.82, 2.24) is 5.32 Å². The summed E-state index contributed by atoms with van der Waals surface area (Å²) in [6.45, 7) is 4.67. The first-order valence-corrected chi connectivity index (χ1v) is 7.49. The highest BCUT2D eigenvalue weighted by Crippen LogP contribution is 2.35. The SMILES string of the molecule is CCCC(CCC1CCCCC1CC)NC. The molecule has 16 heavy (non-hydrogen) atoms. The van der Waals surface area contributed by atoms with Crippen LogP contribution in [-0.2, 0) is 0 Å². The average Bonchev–Trinajstić information content (AvgIpc) is 2.34. The van der Waals surface area contributed by atoms with Crippen LogP contribution in [0.1, 0.15) is 71.6 Å². The van der Waals surface area contributed by atoms with Gasteiger partial charge in [-0.2, -0.15) is 0 Å². The number of hydrogen-bond donors (Lipinski definition) is 1. The van der Waals surface area contributed by atoms with Crippen LogP contribution >= 0.6 is 0 Å². The third-order valence-corrected chi connectivity index (χ3v) is 4.52. The average molecular weight is 225 g/mol. The molecule has 0 spiro atoms. The van der Waals surface area contributed by atoms with Gasteiger partial charge in [0.15, 0.2) is 0 Å². The summed E-state index contributed by atoms with van der Waals surface area (Å²) in [5.41, 5.74) is 0. The Kier molecular flexibility index (Phi) is 7.11. The summed E-state index contributed by atoms with van der Waals surface area (Å²) in [5, 5.41) is 3.48. The van der Waals surface area contributed by atoms with Gasteiger partial charge in [-0.3, -0.25) is 0 Å². The number of nitrogens with one attached hydrogen (secondary N) is 1. The Bertz CT molecular complexity index is 167. The number of rotatable bonds is 7. The molecule has 0 amide bonds. The molecule has 0 radical (unpaired) electrons. The van der Waals surface area contributed by atoms with Gasteiger partial charge in [0.25, 0.3) is 0 Å². The molecule has 96 valence electrons. The Morgan fingerprint density at radius 3 is 2.31 bits per heavy atom. The maximum Gasteiger partial charge on any atom is 0.00640 e. The second-order valence-corrected chi connectivity index (χ2v) is 5.56. The Morgan fingerprint density at radius 2 is 1.75 bits per heavy atom. The minimum Gasteiger partial charge on any atom is -0.317 e. The Labute approximate surface area is 102 Å². The van der Waals surface area contributed by atoms with Gasteiger partial charge in [-0.1, -0.05) is 52.4 Å². The molecule has 3 unspecified atom stereocenters. The lowest BCUT2D eigenvalue weighted by Crippen LogP contribution is -2.27. The van der Waals surface area contributed by atoms with Crippen molar-refractivity contribution < 1.29 is 0 Å². The van der Waals surface area contributed by atoms with Crippen molar-refractivity contribution in [3.05, 3.63) is 0 Å². The molecule has 1 N–H and O–H groups in total. The molecule has 1 aliphatic rings. The molecule has 1 aliphatic carbocycles. The first-order valence-electron chi connectivity index (χ1n) is 7.49. The summed E-state index contributed by atoms with van der Waals surface area (Å²) in [4.78, 5) is 0. The predicted molar refractivity (Wildman–Crippen MR) is 72.7 cm³/mol. The third-order valence-electron chi connectivity index (χ3n) is 4.52. The summed E-state index contributed by atoms with van der Waals surface area (Å²) in [5.74, 6) is 2.07. The minimum atomic E-state index is 0.768. The topological polar surface area (TPSA) is 12.0 Å². The van der Waals surface area contributed by atoms with Crippen LogP contribution in [0.5, 0.6) is 0 Å². The van der Waals surface area contributed by atoms with Crippen molar-refractivity contribution in [2.75, 3.05) is 7.05 Å².